The minimum atomic E-state index is -4.49. The third-order valence-electron chi connectivity index (χ3n) is 3.17. The molecule has 0 aliphatic rings. The van der Waals surface area contributed by atoms with E-state index in [1.807, 2.05) is 0 Å². The van der Waals surface area contributed by atoms with E-state index < -0.39 is 11.9 Å². The SMILES string of the molecule is COc1ccc(C(=O)C=Cc2ccc(C(F)(F)F)nc2)cc1OC. The first kappa shape index (κ1) is 17.5. The zero-order valence-electron chi connectivity index (χ0n) is 12.9. The van der Waals surface area contributed by atoms with Gasteiger partial charge in [-0.3, -0.25) is 9.78 Å². The number of allylic oxidation sites excluding steroid dienone is 1. The molecule has 0 saturated carbocycles. The van der Waals surface area contributed by atoms with Crippen molar-refractivity contribution in [3.05, 3.63) is 59.4 Å². The van der Waals surface area contributed by atoms with Gasteiger partial charge in [-0.1, -0.05) is 6.07 Å². The Labute approximate surface area is 136 Å². The molecule has 0 N–H and O–H groups in total. The molecule has 2 aromatic rings. The Morgan fingerprint density at radius 3 is 2.33 bits per heavy atom. The maximum absolute atomic E-state index is 12.4. The van der Waals surface area contributed by atoms with Crippen molar-refractivity contribution in [1.29, 1.82) is 0 Å². The van der Waals surface area contributed by atoms with Crippen LogP contribution in [0.4, 0.5) is 13.2 Å². The molecule has 0 unspecified atom stereocenters. The van der Waals surface area contributed by atoms with Crippen molar-refractivity contribution < 1.29 is 27.4 Å². The highest BCUT2D eigenvalue weighted by Crippen LogP contribution is 2.28. The number of halogens is 3. The summed E-state index contributed by atoms with van der Waals surface area (Å²) < 4.78 is 47.5. The van der Waals surface area contributed by atoms with Crippen LogP contribution in [0.15, 0.2) is 42.6 Å². The summed E-state index contributed by atoms with van der Waals surface area (Å²) in [5.41, 5.74) is -0.230. The van der Waals surface area contributed by atoms with Crippen molar-refractivity contribution in [1.82, 2.24) is 4.98 Å². The minimum Gasteiger partial charge on any atom is -0.493 e. The van der Waals surface area contributed by atoms with Crippen molar-refractivity contribution >= 4 is 11.9 Å². The number of nitrogens with zero attached hydrogens (tertiary/aromatic N) is 1. The summed E-state index contributed by atoms with van der Waals surface area (Å²) in [6.07, 6.45) is -0.781. The van der Waals surface area contributed by atoms with Crippen molar-refractivity contribution in [3.8, 4) is 11.5 Å². The first-order valence-electron chi connectivity index (χ1n) is 6.83. The number of pyridine rings is 1. The molecule has 0 radical (unpaired) electrons. The van der Waals surface area contributed by atoms with E-state index in [-0.39, 0.29) is 5.78 Å². The van der Waals surface area contributed by atoms with E-state index in [9.17, 15) is 18.0 Å². The van der Waals surface area contributed by atoms with Gasteiger partial charge >= 0.3 is 6.18 Å². The number of rotatable bonds is 5. The number of benzene rings is 1. The smallest absolute Gasteiger partial charge is 0.433 e. The highest BCUT2D eigenvalue weighted by molar-refractivity contribution is 6.07. The van der Waals surface area contributed by atoms with Gasteiger partial charge in [-0.05, 0) is 42.0 Å². The molecule has 0 bridgehead atoms. The van der Waals surface area contributed by atoms with Crippen LogP contribution in [0.5, 0.6) is 11.5 Å². The van der Waals surface area contributed by atoms with Crippen LogP contribution in [0, 0.1) is 0 Å². The molecule has 0 saturated heterocycles. The molecule has 0 atom stereocenters. The minimum absolute atomic E-state index is 0.323. The van der Waals surface area contributed by atoms with Crippen LogP contribution in [0.1, 0.15) is 21.6 Å². The Kier molecular flexibility index (Phi) is 5.23. The summed E-state index contributed by atoms with van der Waals surface area (Å²) in [7, 11) is 2.94. The van der Waals surface area contributed by atoms with Gasteiger partial charge in [0.1, 0.15) is 5.69 Å². The summed E-state index contributed by atoms with van der Waals surface area (Å²) in [5, 5.41) is 0. The molecule has 1 aromatic heterocycles. The van der Waals surface area contributed by atoms with E-state index in [4.69, 9.17) is 9.47 Å². The lowest BCUT2D eigenvalue weighted by atomic mass is 10.1. The molecule has 0 fully saturated rings. The van der Waals surface area contributed by atoms with E-state index in [1.165, 1.54) is 38.5 Å². The number of alkyl halides is 3. The van der Waals surface area contributed by atoms with Crippen LogP contribution in [-0.2, 0) is 6.18 Å². The van der Waals surface area contributed by atoms with Crippen LogP contribution < -0.4 is 9.47 Å². The number of hydrogen-bond acceptors (Lipinski definition) is 4. The molecular weight excluding hydrogens is 323 g/mol. The maximum Gasteiger partial charge on any atom is 0.433 e. The normalized spacial score (nSPS) is 11.5. The standard InChI is InChI=1S/C17H14F3NO3/c1-23-14-7-5-12(9-15(14)24-2)13(22)6-3-11-4-8-16(21-10-11)17(18,19)20/h3-10H,1-2H3. The predicted octanol–water partition coefficient (Wildman–Crippen LogP) is 4.01. The highest BCUT2D eigenvalue weighted by Gasteiger charge is 2.31. The summed E-state index contributed by atoms with van der Waals surface area (Å²) in [5.74, 6) is 0.578. The highest BCUT2D eigenvalue weighted by atomic mass is 19.4. The van der Waals surface area contributed by atoms with Gasteiger partial charge in [0.05, 0.1) is 14.2 Å². The topological polar surface area (TPSA) is 48.4 Å². The molecule has 4 nitrogen and oxygen atoms in total. The van der Waals surface area contributed by atoms with Crippen molar-refractivity contribution in [2.45, 2.75) is 6.18 Å². The van der Waals surface area contributed by atoms with Gasteiger partial charge in [-0.25, -0.2) is 0 Å². The molecule has 7 heteroatoms. The van der Waals surface area contributed by atoms with Crippen LogP contribution >= 0.6 is 0 Å². The zero-order valence-corrected chi connectivity index (χ0v) is 12.9. The fourth-order valence-corrected chi connectivity index (χ4v) is 1.93. The number of ether oxygens (including phenoxy) is 2. The van der Waals surface area contributed by atoms with Crippen LogP contribution in [-0.4, -0.2) is 25.0 Å². The first-order valence-corrected chi connectivity index (χ1v) is 6.83. The molecule has 0 spiro atoms. The Bertz CT molecular complexity index is 753. The lowest BCUT2D eigenvalue weighted by Crippen LogP contribution is -2.07. The fourth-order valence-electron chi connectivity index (χ4n) is 1.93. The van der Waals surface area contributed by atoms with Gasteiger partial charge in [0.25, 0.3) is 0 Å². The summed E-state index contributed by atoms with van der Waals surface area (Å²) >= 11 is 0. The number of carbonyl (C=O) groups excluding carboxylic acids is 1. The van der Waals surface area contributed by atoms with E-state index in [0.717, 1.165) is 12.3 Å². The second-order valence-corrected chi connectivity index (χ2v) is 4.74. The van der Waals surface area contributed by atoms with Crippen LogP contribution in [0.3, 0.4) is 0 Å². The van der Waals surface area contributed by atoms with Crippen molar-refractivity contribution in [2.24, 2.45) is 0 Å². The lowest BCUT2D eigenvalue weighted by Gasteiger charge is -2.08. The van der Waals surface area contributed by atoms with Gasteiger partial charge in [-0.15, -0.1) is 0 Å². The average Bonchev–Trinajstić information content (AvgIpc) is 2.58. The van der Waals surface area contributed by atoms with Crippen LogP contribution in [0.25, 0.3) is 6.08 Å². The molecule has 1 heterocycles. The Morgan fingerprint density at radius 1 is 1.08 bits per heavy atom. The number of aromatic nitrogens is 1. The molecule has 2 rings (SSSR count). The van der Waals surface area contributed by atoms with E-state index in [2.05, 4.69) is 4.98 Å². The summed E-state index contributed by atoms with van der Waals surface area (Å²) in [6.45, 7) is 0. The zero-order chi connectivity index (χ0) is 17.7. The third-order valence-corrected chi connectivity index (χ3v) is 3.17. The summed E-state index contributed by atoms with van der Waals surface area (Å²) in [4.78, 5) is 15.5. The fraction of sp³-hybridized carbons (Fsp3) is 0.176. The summed E-state index contributed by atoms with van der Waals surface area (Å²) in [6, 6.07) is 6.80. The van der Waals surface area contributed by atoms with Gasteiger partial charge in [0.15, 0.2) is 17.3 Å². The van der Waals surface area contributed by atoms with Crippen molar-refractivity contribution in [3.63, 3.8) is 0 Å². The first-order chi connectivity index (χ1) is 11.3. The third kappa shape index (κ3) is 4.13. The van der Waals surface area contributed by atoms with Crippen LogP contribution in [0.2, 0.25) is 0 Å². The largest absolute Gasteiger partial charge is 0.493 e. The van der Waals surface area contributed by atoms with E-state index in [0.29, 0.717) is 22.6 Å². The van der Waals surface area contributed by atoms with E-state index >= 15 is 0 Å². The molecule has 0 amide bonds. The molecule has 0 aliphatic heterocycles. The Balaban J connectivity index is 2.15. The van der Waals surface area contributed by atoms with Gasteiger partial charge in [-0.2, -0.15) is 13.2 Å². The second kappa shape index (κ2) is 7.16. The van der Waals surface area contributed by atoms with Gasteiger partial charge < -0.3 is 9.47 Å². The molecule has 1 aromatic carbocycles. The second-order valence-electron chi connectivity index (χ2n) is 4.74. The van der Waals surface area contributed by atoms with Gasteiger partial charge in [0.2, 0.25) is 0 Å². The number of carbonyl (C=O) groups is 1. The Hall–Kier alpha value is -2.83. The molecule has 126 valence electrons. The monoisotopic (exact) mass is 337 g/mol. The van der Waals surface area contributed by atoms with E-state index in [1.54, 1.807) is 12.1 Å². The molecule has 24 heavy (non-hydrogen) atoms. The quantitative estimate of drug-likeness (QED) is 0.611. The predicted molar refractivity (Wildman–Crippen MR) is 82.1 cm³/mol. The maximum atomic E-state index is 12.4. The Morgan fingerprint density at radius 2 is 1.79 bits per heavy atom. The molecule has 0 aliphatic carbocycles. The van der Waals surface area contributed by atoms with Crippen molar-refractivity contribution in [2.75, 3.05) is 14.2 Å². The number of methoxy groups -OCH3 is 2. The number of ketones is 1. The average molecular weight is 337 g/mol. The molecular formula is C17H14F3NO3. The number of hydrogen-bond donors (Lipinski definition) is 0. The van der Waals surface area contributed by atoms with Gasteiger partial charge in [0, 0.05) is 11.8 Å². The lowest BCUT2D eigenvalue weighted by molar-refractivity contribution is -0.141.